The molecule has 1 aliphatic rings. The first kappa shape index (κ1) is 8.75. The summed E-state index contributed by atoms with van der Waals surface area (Å²) in [6, 6.07) is 8.84. The Balaban J connectivity index is 0.000000500. The average Bonchev–Trinajstić information content (AvgIpc) is 2.33. The molecule has 0 N–H and O–H groups in total. The Hall–Kier alpha value is 0.656. The summed E-state index contributed by atoms with van der Waals surface area (Å²) in [5, 5.41) is 0. The van der Waals surface area contributed by atoms with Gasteiger partial charge < -0.3 is 4.74 Å². The molecule has 10 heavy (non-hydrogen) atoms. The predicted molar refractivity (Wildman–Crippen MR) is 34.5 cm³/mol. The number of rotatable bonds is 0. The first-order chi connectivity index (χ1) is 4.47. The zero-order valence-corrected chi connectivity index (χ0v) is 9.18. The van der Waals surface area contributed by atoms with Crippen LogP contribution in [0.5, 0.6) is 5.75 Å². The fourth-order valence-electron chi connectivity index (χ4n) is 1.06. The summed E-state index contributed by atoms with van der Waals surface area (Å²) >= 11 is 0. The molecular formula is C8H7KO. The van der Waals surface area contributed by atoms with Crippen molar-refractivity contribution < 1.29 is 56.1 Å². The van der Waals surface area contributed by atoms with Gasteiger partial charge in [0.15, 0.2) is 0 Å². The zero-order chi connectivity index (χ0) is 6.10. The largest absolute Gasteiger partial charge is 1.00 e. The molecule has 0 amide bonds. The molecule has 1 nitrogen and oxygen atoms in total. The van der Waals surface area contributed by atoms with Gasteiger partial charge in [-0.05, 0) is 6.42 Å². The van der Waals surface area contributed by atoms with Gasteiger partial charge in [0.05, 0.1) is 6.61 Å². The van der Waals surface area contributed by atoms with Crippen molar-refractivity contribution >= 4 is 0 Å². The fourth-order valence-corrected chi connectivity index (χ4v) is 1.06. The van der Waals surface area contributed by atoms with E-state index in [1.54, 1.807) is 0 Å². The Kier molecular flexibility index (Phi) is 3.39. The van der Waals surface area contributed by atoms with Crippen molar-refractivity contribution in [2.45, 2.75) is 6.42 Å². The molecule has 0 aliphatic carbocycles. The fraction of sp³-hybridized carbons (Fsp3) is 0.250. The molecule has 1 heterocycles. The minimum Gasteiger partial charge on any atom is -0.519 e. The molecule has 0 bridgehead atoms. The smallest absolute Gasteiger partial charge is 0.519 e. The van der Waals surface area contributed by atoms with Gasteiger partial charge in [-0.1, -0.05) is 0 Å². The van der Waals surface area contributed by atoms with Crippen LogP contribution in [0, 0.1) is 6.07 Å². The van der Waals surface area contributed by atoms with E-state index in [2.05, 4.69) is 6.07 Å². The maximum absolute atomic E-state index is 5.28. The van der Waals surface area contributed by atoms with E-state index in [4.69, 9.17) is 4.74 Å². The van der Waals surface area contributed by atoms with Gasteiger partial charge in [-0.2, -0.15) is 18.2 Å². The molecule has 0 fully saturated rings. The average molecular weight is 158 g/mol. The van der Waals surface area contributed by atoms with E-state index in [1.165, 1.54) is 5.56 Å². The van der Waals surface area contributed by atoms with E-state index in [9.17, 15) is 0 Å². The molecule has 0 radical (unpaired) electrons. The third-order valence-corrected chi connectivity index (χ3v) is 1.53. The molecule has 2 rings (SSSR count). The van der Waals surface area contributed by atoms with Crippen LogP contribution < -0.4 is 56.1 Å². The Morgan fingerprint density at radius 3 is 3.20 bits per heavy atom. The molecule has 0 unspecified atom stereocenters. The third-order valence-electron chi connectivity index (χ3n) is 1.53. The summed E-state index contributed by atoms with van der Waals surface area (Å²) in [4.78, 5) is 0. The summed E-state index contributed by atoms with van der Waals surface area (Å²) < 4.78 is 5.28. The number of ether oxygens (including phenoxy) is 1. The second-order valence-corrected chi connectivity index (χ2v) is 2.13. The van der Waals surface area contributed by atoms with Gasteiger partial charge in [0.1, 0.15) is 0 Å². The molecule has 0 saturated carbocycles. The van der Waals surface area contributed by atoms with Crippen LogP contribution in [-0.2, 0) is 6.42 Å². The van der Waals surface area contributed by atoms with Crippen molar-refractivity contribution in [2.75, 3.05) is 6.61 Å². The van der Waals surface area contributed by atoms with E-state index in [0.29, 0.717) is 0 Å². The van der Waals surface area contributed by atoms with Crippen molar-refractivity contribution in [3.8, 4) is 5.75 Å². The van der Waals surface area contributed by atoms with Crippen LogP contribution in [-0.4, -0.2) is 6.61 Å². The Morgan fingerprint density at radius 1 is 1.50 bits per heavy atom. The van der Waals surface area contributed by atoms with E-state index in [0.717, 1.165) is 18.8 Å². The van der Waals surface area contributed by atoms with Crippen LogP contribution in [0.1, 0.15) is 5.56 Å². The minimum atomic E-state index is 0. The van der Waals surface area contributed by atoms with Gasteiger partial charge in [0, 0.05) is 5.75 Å². The van der Waals surface area contributed by atoms with Gasteiger partial charge in [-0.15, -0.1) is 11.6 Å². The number of fused-ring (bicyclic) bond motifs is 1. The Bertz CT molecular complexity index is 199. The van der Waals surface area contributed by atoms with Crippen LogP contribution in [0.25, 0.3) is 0 Å². The second kappa shape index (κ2) is 3.88. The first-order valence-corrected chi connectivity index (χ1v) is 3.08. The second-order valence-electron chi connectivity index (χ2n) is 2.13. The van der Waals surface area contributed by atoms with Crippen molar-refractivity contribution in [1.29, 1.82) is 0 Å². The van der Waals surface area contributed by atoms with Gasteiger partial charge in [0.25, 0.3) is 0 Å². The summed E-state index contributed by atoms with van der Waals surface area (Å²) in [6.45, 7) is 0.840. The van der Waals surface area contributed by atoms with Crippen molar-refractivity contribution in [1.82, 2.24) is 0 Å². The predicted octanol–water partition coefficient (Wildman–Crippen LogP) is -1.57. The molecule has 0 atom stereocenters. The monoisotopic (exact) mass is 158 g/mol. The number of hydrogen-bond donors (Lipinski definition) is 0. The van der Waals surface area contributed by atoms with E-state index >= 15 is 0 Å². The zero-order valence-electron chi connectivity index (χ0n) is 6.05. The summed E-state index contributed by atoms with van der Waals surface area (Å²) in [5.41, 5.74) is 1.29. The molecule has 1 aromatic rings. The molecule has 0 aromatic heterocycles. The van der Waals surface area contributed by atoms with Gasteiger partial charge in [-0.25, -0.2) is 0 Å². The first-order valence-electron chi connectivity index (χ1n) is 3.08. The van der Waals surface area contributed by atoms with Crippen LogP contribution in [0.4, 0.5) is 0 Å². The minimum absolute atomic E-state index is 0. The molecule has 0 saturated heterocycles. The standard InChI is InChI=1S/C8H7O.K/c1-2-4-8-7(3-1)5-6-9-8;/h2-4H,5-6H2;/q-1;+1. The summed E-state index contributed by atoms with van der Waals surface area (Å²) in [7, 11) is 0. The van der Waals surface area contributed by atoms with Crippen molar-refractivity contribution in [3.63, 3.8) is 0 Å². The van der Waals surface area contributed by atoms with Crippen LogP contribution >= 0.6 is 0 Å². The molecule has 2 heteroatoms. The SMILES string of the molecule is [K+].[c-]1ccc2c(c1)CCO2. The molecular weight excluding hydrogens is 151 g/mol. The maximum atomic E-state index is 5.28. The maximum Gasteiger partial charge on any atom is 1.00 e. The molecule has 1 aromatic carbocycles. The van der Waals surface area contributed by atoms with Crippen LogP contribution in [0.15, 0.2) is 18.2 Å². The van der Waals surface area contributed by atoms with E-state index in [-0.39, 0.29) is 51.4 Å². The summed E-state index contributed by atoms with van der Waals surface area (Å²) in [6.07, 6.45) is 1.05. The van der Waals surface area contributed by atoms with Gasteiger partial charge in [0.2, 0.25) is 0 Å². The molecule has 46 valence electrons. The van der Waals surface area contributed by atoms with Crippen LogP contribution in [0.2, 0.25) is 0 Å². The molecule has 0 spiro atoms. The van der Waals surface area contributed by atoms with E-state index in [1.807, 2.05) is 18.2 Å². The number of hydrogen-bond acceptors (Lipinski definition) is 1. The third kappa shape index (κ3) is 1.63. The molecule has 1 aliphatic heterocycles. The Labute approximate surface area is 103 Å². The van der Waals surface area contributed by atoms with Crippen LogP contribution in [0.3, 0.4) is 0 Å². The topological polar surface area (TPSA) is 9.23 Å². The summed E-state index contributed by atoms with van der Waals surface area (Å²) in [5.74, 6) is 1.04. The van der Waals surface area contributed by atoms with Crippen molar-refractivity contribution in [3.05, 3.63) is 29.8 Å². The normalized spacial score (nSPS) is 13.2. The Morgan fingerprint density at radius 2 is 2.40 bits per heavy atom. The van der Waals surface area contributed by atoms with Crippen molar-refractivity contribution in [2.24, 2.45) is 0 Å². The quantitative estimate of drug-likeness (QED) is 0.327. The van der Waals surface area contributed by atoms with E-state index < -0.39 is 0 Å². The van der Waals surface area contributed by atoms with Gasteiger partial charge in [-0.3, -0.25) is 0 Å². The number of benzene rings is 1. The van der Waals surface area contributed by atoms with Gasteiger partial charge >= 0.3 is 51.4 Å².